The Labute approximate surface area is 128 Å². The molecule has 0 fully saturated rings. The monoisotopic (exact) mass is 329 g/mol. The number of hydrogen-bond acceptors (Lipinski definition) is 4. The molecule has 1 N–H and O–H groups in total. The molecule has 1 aromatic heterocycles. The number of halogens is 1. The Morgan fingerprint density at radius 2 is 1.85 bits per heavy atom. The summed E-state index contributed by atoms with van der Waals surface area (Å²) in [6, 6.07) is 10.8. The van der Waals surface area contributed by atoms with Gasteiger partial charge in [0.05, 0.1) is 15.0 Å². The van der Waals surface area contributed by atoms with Crippen LogP contribution in [0.15, 0.2) is 41.3 Å². The summed E-state index contributed by atoms with van der Waals surface area (Å²) in [5.74, 6) is 0.124. The van der Waals surface area contributed by atoms with E-state index < -0.39 is 9.84 Å². The Kier molecular flexibility index (Phi) is 5.07. The second-order valence-electron chi connectivity index (χ2n) is 4.31. The molecule has 2 aromatic rings. The first kappa shape index (κ1) is 15.4. The van der Waals surface area contributed by atoms with E-state index in [1.54, 1.807) is 42.5 Å². The summed E-state index contributed by atoms with van der Waals surface area (Å²) < 4.78 is 24.2. The highest BCUT2D eigenvalue weighted by Gasteiger charge is 2.10. The molecule has 0 atom stereocenters. The standard InChI is InChI=1S/C14H16ClNO2S2/c1-2-20(17,18)13-6-3-11(4-7-13)16-10-9-12-5-8-14(15)19-12/h3-8,16H,2,9-10H2,1H3. The van der Waals surface area contributed by atoms with E-state index >= 15 is 0 Å². The molecule has 0 unspecified atom stereocenters. The smallest absolute Gasteiger partial charge is 0.178 e. The Balaban J connectivity index is 1.91. The van der Waals surface area contributed by atoms with Gasteiger partial charge in [-0.05, 0) is 42.8 Å². The topological polar surface area (TPSA) is 46.2 Å². The maximum atomic E-state index is 11.7. The zero-order chi connectivity index (χ0) is 14.6. The van der Waals surface area contributed by atoms with Gasteiger partial charge in [-0.3, -0.25) is 0 Å². The summed E-state index contributed by atoms with van der Waals surface area (Å²) in [5.41, 5.74) is 0.919. The molecule has 0 spiro atoms. The highest BCUT2D eigenvalue weighted by atomic mass is 35.5. The van der Waals surface area contributed by atoms with Gasteiger partial charge in [-0.15, -0.1) is 11.3 Å². The number of rotatable bonds is 6. The van der Waals surface area contributed by atoms with Crippen molar-refractivity contribution in [1.29, 1.82) is 0 Å². The normalized spacial score (nSPS) is 11.5. The lowest BCUT2D eigenvalue weighted by Crippen LogP contribution is -2.06. The lowest BCUT2D eigenvalue weighted by molar-refractivity contribution is 0.597. The minimum Gasteiger partial charge on any atom is -0.385 e. The first-order valence-electron chi connectivity index (χ1n) is 6.32. The zero-order valence-electron chi connectivity index (χ0n) is 11.1. The van der Waals surface area contributed by atoms with Crippen molar-refractivity contribution < 1.29 is 8.42 Å². The minimum absolute atomic E-state index is 0.124. The molecule has 1 aromatic carbocycles. The Morgan fingerprint density at radius 3 is 2.40 bits per heavy atom. The quantitative estimate of drug-likeness (QED) is 0.875. The fraction of sp³-hybridized carbons (Fsp3) is 0.286. The third kappa shape index (κ3) is 3.98. The summed E-state index contributed by atoms with van der Waals surface area (Å²) in [6.45, 7) is 2.43. The maximum Gasteiger partial charge on any atom is 0.178 e. The van der Waals surface area contributed by atoms with Crippen LogP contribution >= 0.6 is 22.9 Å². The number of thiophene rings is 1. The first-order valence-corrected chi connectivity index (χ1v) is 9.17. The van der Waals surface area contributed by atoms with E-state index in [0.29, 0.717) is 4.90 Å². The summed E-state index contributed by atoms with van der Waals surface area (Å²) >= 11 is 7.45. The van der Waals surface area contributed by atoms with Crippen LogP contribution in [0.2, 0.25) is 4.34 Å². The van der Waals surface area contributed by atoms with E-state index in [1.165, 1.54) is 4.88 Å². The summed E-state index contributed by atoms with van der Waals surface area (Å²) in [5, 5.41) is 3.27. The molecule has 20 heavy (non-hydrogen) atoms. The Morgan fingerprint density at radius 1 is 1.15 bits per heavy atom. The minimum atomic E-state index is -3.12. The molecule has 0 amide bonds. The van der Waals surface area contributed by atoms with Crippen LogP contribution in [-0.4, -0.2) is 20.7 Å². The first-order chi connectivity index (χ1) is 9.51. The van der Waals surface area contributed by atoms with Gasteiger partial charge in [0.1, 0.15) is 0 Å². The second kappa shape index (κ2) is 6.61. The number of sulfone groups is 1. The third-order valence-corrected chi connectivity index (χ3v) is 5.96. The van der Waals surface area contributed by atoms with Gasteiger partial charge < -0.3 is 5.32 Å². The SMILES string of the molecule is CCS(=O)(=O)c1ccc(NCCc2ccc(Cl)s2)cc1. The van der Waals surface area contributed by atoms with Gasteiger partial charge in [0.2, 0.25) is 0 Å². The molecular formula is C14H16ClNO2S2. The van der Waals surface area contributed by atoms with Crippen LogP contribution in [0.3, 0.4) is 0 Å². The van der Waals surface area contributed by atoms with Crippen LogP contribution in [0.4, 0.5) is 5.69 Å². The van der Waals surface area contributed by atoms with Crippen LogP contribution in [-0.2, 0) is 16.3 Å². The van der Waals surface area contributed by atoms with Crippen LogP contribution in [0.1, 0.15) is 11.8 Å². The molecule has 0 aliphatic rings. The third-order valence-electron chi connectivity index (χ3n) is 2.92. The van der Waals surface area contributed by atoms with Crippen LogP contribution in [0.5, 0.6) is 0 Å². The van der Waals surface area contributed by atoms with Crippen molar-refractivity contribution in [2.75, 3.05) is 17.6 Å². The molecule has 0 bridgehead atoms. The van der Waals surface area contributed by atoms with Crippen molar-refractivity contribution in [1.82, 2.24) is 0 Å². The van der Waals surface area contributed by atoms with Crippen molar-refractivity contribution in [2.45, 2.75) is 18.2 Å². The predicted molar refractivity (Wildman–Crippen MR) is 85.7 cm³/mol. The van der Waals surface area contributed by atoms with E-state index in [2.05, 4.69) is 5.32 Å². The lowest BCUT2D eigenvalue weighted by atomic mass is 10.3. The highest BCUT2D eigenvalue weighted by Crippen LogP contribution is 2.22. The summed E-state index contributed by atoms with van der Waals surface area (Å²) in [4.78, 5) is 1.60. The molecule has 108 valence electrons. The predicted octanol–water partition coefficient (Wildman–Crippen LogP) is 3.85. The number of nitrogens with one attached hydrogen (secondary N) is 1. The number of benzene rings is 1. The molecule has 3 nitrogen and oxygen atoms in total. The lowest BCUT2D eigenvalue weighted by Gasteiger charge is -2.07. The number of hydrogen-bond donors (Lipinski definition) is 1. The van der Waals surface area contributed by atoms with E-state index in [0.717, 1.165) is 23.0 Å². The second-order valence-corrected chi connectivity index (χ2v) is 8.39. The maximum absolute atomic E-state index is 11.7. The van der Waals surface area contributed by atoms with Crippen molar-refractivity contribution in [3.8, 4) is 0 Å². The fourth-order valence-electron chi connectivity index (χ4n) is 1.76. The number of anilines is 1. The van der Waals surface area contributed by atoms with Gasteiger partial charge in [0.25, 0.3) is 0 Å². The molecule has 6 heteroatoms. The van der Waals surface area contributed by atoms with Crippen molar-refractivity contribution in [3.63, 3.8) is 0 Å². The van der Waals surface area contributed by atoms with Crippen molar-refractivity contribution in [3.05, 3.63) is 45.6 Å². The van der Waals surface area contributed by atoms with Gasteiger partial charge in [-0.25, -0.2) is 8.42 Å². The van der Waals surface area contributed by atoms with E-state index in [9.17, 15) is 8.42 Å². The van der Waals surface area contributed by atoms with E-state index in [-0.39, 0.29) is 5.75 Å². The van der Waals surface area contributed by atoms with Crippen LogP contribution < -0.4 is 5.32 Å². The van der Waals surface area contributed by atoms with Crippen molar-refractivity contribution >= 4 is 38.5 Å². The van der Waals surface area contributed by atoms with E-state index in [4.69, 9.17) is 11.6 Å². The van der Waals surface area contributed by atoms with Gasteiger partial charge in [0, 0.05) is 17.1 Å². The van der Waals surface area contributed by atoms with Gasteiger partial charge in [0.15, 0.2) is 9.84 Å². The zero-order valence-corrected chi connectivity index (χ0v) is 13.5. The molecule has 2 rings (SSSR count). The summed E-state index contributed by atoms with van der Waals surface area (Å²) in [6.07, 6.45) is 0.895. The molecule has 0 saturated carbocycles. The highest BCUT2D eigenvalue weighted by molar-refractivity contribution is 7.91. The molecule has 0 aliphatic heterocycles. The average molecular weight is 330 g/mol. The molecule has 0 aliphatic carbocycles. The van der Waals surface area contributed by atoms with Gasteiger partial charge in [-0.1, -0.05) is 18.5 Å². The van der Waals surface area contributed by atoms with Crippen LogP contribution in [0, 0.1) is 0 Å². The van der Waals surface area contributed by atoms with E-state index in [1.807, 2.05) is 12.1 Å². The van der Waals surface area contributed by atoms with Gasteiger partial charge >= 0.3 is 0 Å². The Hall–Kier alpha value is -1.04. The largest absolute Gasteiger partial charge is 0.385 e. The van der Waals surface area contributed by atoms with Crippen LogP contribution in [0.25, 0.3) is 0 Å². The average Bonchev–Trinajstić information content (AvgIpc) is 2.85. The molecule has 1 heterocycles. The fourth-order valence-corrected chi connectivity index (χ4v) is 3.73. The van der Waals surface area contributed by atoms with Gasteiger partial charge in [-0.2, -0.15) is 0 Å². The Bertz CT molecular complexity index is 663. The molecule has 0 saturated heterocycles. The molecular weight excluding hydrogens is 314 g/mol. The summed E-state index contributed by atoms with van der Waals surface area (Å²) in [7, 11) is -3.12. The van der Waals surface area contributed by atoms with Crippen molar-refractivity contribution in [2.24, 2.45) is 0 Å². The molecule has 0 radical (unpaired) electrons.